The van der Waals surface area contributed by atoms with Gasteiger partial charge in [0.05, 0.1) is 0 Å². The summed E-state index contributed by atoms with van der Waals surface area (Å²) in [5.74, 6) is -0.452. The van der Waals surface area contributed by atoms with Gasteiger partial charge >= 0.3 is 7.12 Å². The van der Waals surface area contributed by atoms with E-state index in [4.69, 9.17) is 14.8 Å². The predicted octanol–water partition coefficient (Wildman–Crippen LogP) is 0.226. The van der Waals surface area contributed by atoms with Crippen LogP contribution in [0.25, 0.3) is 0 Å². The van der Waals surface area contributed by atoms with Crippen LogP contribution in [0.4, 0.5) is 4.39 Å². The Hall–Kier alpha value is -1.11. The monoisotopic (exact) mass is 255 g/mol. The third kappa shape index (κ3) is 4.29. The molecule has 0 atom stereocenters. The van der Waals surface area contributed by atoms with Crippen molar-refractivity contribution in [2.75, 3.05) is 26.2 Å². The molecular formula is C12H19BFNO3. The highest BCUT2D eigenvalue weighted by Crippen LogP contribution is 2.14. The Labute approximate surface area is 107 Å². The lowest BCUT2D eigenvalue weighted by Crippen LogP contribution is -2.30. The van der Waals surface area contributed by atoms with Gasteiger partial charge in [0.15, 0.2) is 11.6 Å². The Bertz CT molecular complexity index is 372. The van der Waals surface area contributed by atoms with E-state index in [9.17, 15) is 4.39 Å². The lowest BCUT2D eigenvalue weighted by molar-refractivity contribution is 0.217. The molecule has 1 rings (SSSR count). The van der Waals surface area contributed by atoms with Gasteiger partial charge in [-0.15, -0.1) is 0 Å². The van der Waals surface area contributed by atoms with Crippen molar-refractivity contribution >= 4 is 12.6 Å². The number of likely N-dealkylation sites (N-methyl/N-ethyl adjacent to an activating group) is 1. The number of halogens is 1. The molecular weight excluding hydrogens is 236 g/mol. The first-order valence-electron chi connectivity index (χ1n) is 6.09. The minimum Gasteiger partial charge on any atom is -0.489 e. The molecule has 18 heavy (non-hydrogen) atoms. The molecule has 0 aliphatic rings. The summed E-state index contributed by atoms with van der Waals surface area (Å²) in [6.07, 6.45) is 0. The SMILES string of the molecule is CCN(CC)CCOc1ccc(B(O)O)cc1F. The lowest BCUT2D eigenvalue weighted by Gasteiger charge is -2.18. The van der Waals surface area contributed by atoms with Crippen LogP contribution >= 0.6 is 0 Å². The molecule has 0 heterocycles. The molecule has 1 aromatic rings. The third-order valence-electron chi connectivity index (χ3n) is 2.81. The van der Waals surface area contributed by atoms with Crippen molar-refractivity contribution in [2.45, 2.75) is 13.8 Å². The second kappa shape index (κ2) is 7.36. The molecule has 0 bridgehead atoms. The van der Waals surface area contributed by atoms with Gasteiger partial charge in [-0.05, 0) is 30.7 Å². The number of rotatable bonds is 7. The van der Waals surface area contributed by atoms with E-state index in [1.165, 1.54) is 12.1 Å². The molecule has 6 heteroatoms. The van der Waals surface area contributed by atoms with E-state index in [1.54, 1.807) is 0 Å². The van der Waals surface area contributed by atoms with Crippen LogP contribution in [-0.2, 0) is 0 Å². The van der Waals surface area contributed by atoms with Gasteiger partial charge < -0.3 is 19.7 Å². The van der Waals surface area contributed by atoms with Gasteiger partial charge in [0.2, 0.25) is 0 Å². The second-order valence-electron chi connectivity index (χ2n) is 3.94. The predicted molar refractivity (Wildman–Crippen MR) is 69.5 cm³/mol. The zero-order valence-electron chi connectivity index (χ0n) is 10.8. The average Bonchev–Trinajstić information content (AvgIpc) is 2.36. The van der Waals surface area contributed by atoms with Gasteiger partial charge in [0, 0.05) is 6.54 Å². The first kappa shape index (κ1) is 15.0. The van der Waals surface area contributed by atoms with Gasteiger partial charge in [-0.3, -0.25) is 0 Å². The lowest BCUT2D eigenvalue weighted by atomic mass is 9.80. The molecule has 0 aromatic heterocycles. The van der Waals surface area contributed by atoms with Crippen LogP contribution in [0.1, 0.15) is 13.8 Å². The Morgan fingerprint density at radius 2 is 1.94 bits per heavy atom. The summed E-state index contributed by atoms with van der Waals surface area (Å²) >= 11 is 0. The summed E-state index contributed by atoms with van der Waals surface area (Å²) in [5, 5.41) is 17.8. The van der Waals surface area contributed by atoms with E-state index in [-0.39, 0.29) is 11.2 Å². The molecule has 100 valence electrons. The number of hydrogen-bond acceptors (Lipinski definition) is 4. The highest BCUT2D eigenvalue weighted by atomic mass is 19.1. The van der Waals surface area contributed by atoms with Crippen LogP contribution in [0.5, 0.6) is 5.75 Å². The Kier molecular flexibility index (Phi) is 6.11. The first-order chi connectivity index (χ1) is 8.58. The topological polar surface area (TPSA) is 52.9 Å². The molecule has 0 aliphatic carbocycles. The van der Waals surface area contributed by atoms with Crippen molar-refractivity contribution in [1.82, 2.24) is 4.90 Å². The van der Waals surface area contributed by atoms with Crippen molar-refractivity contribution in [3.05, 3.63) is 24.0 Å². The first-order valence-corrected chi connectivity index (χ1v) is 6.09. The maximum atomic E-state index is 13.5. The van der Waals surface area contributed by atoms with E-state index in [0.29, 0.717) is 6.61 Å². The van der Waals surface area contributed by atoms with Gasteiger partial charge in [-0.1, -0.05) is 19.9 Å². The standard InChI is InChI=1S/C12H19BFNO3/c1-3-15(4-2)7-8-18-12-6-5-10(13(16)17)9-11(12)14/h5-6,9,16-17H,3-4,7-8H2,1-2H3. The molecule has 4 nitrogen and oxygen atoms in total. The molecule has 1 aromatic carbocycles. The third-order valence-corrected chi connectivity index (χ3v) is 2.81. The van der Waals surface area contributed by atoms with E-state index in [0.717, 1.165) is 25.7 Å². The number of hydrogen-bond donors (Lipinski definition) is 2. The Balaban J connectivity index is 2.53. The summed E-state index contributed by atoms with van der Waals surface area (Å²) in [6.45, 7) is 7.11. The minimum absolute atomic E-state index is 0.114. The van der Waals surface area contributed by atoms with Crippen LogP contribution in [0.3, 0.4) is 0 Å². The summed E-state index contributed by atoms with van der Waals surface area (Å²) < 4.78 is 18.9. The van der Waals surface area contributed by atoms with E-state index < -0.39 is 12.9 Å². The van der Waals surface area contributed by atoms with Crippen LogP contribution in [0.2, 0.25) is 0 Å². The fourth-order valence-corrected chi connectivity index (χ4v) is 1.62. The smallest absolute Gasteiger partial charge is 0.488 e. The van der Waals surface area contributed by atoms with Crippen molar-refractivity contribution in [1.29, 1.82) is 0 Å². The molecule has 0 unspecified atom stereocenters. The van der Waals surface area contributed by atoms with E-state index in [2.05, 4.69) is 18.7 Å². The average molecular weight is 255 g/mol. The van der Waals surface area contributed by atoms with Gasteiger partial charge in [-0.2, -0.15) is 0 Å². The number of benzene rings is 1. The van der Waals surface area contributed by atoms with Crippen LogP contribution in [0, 0.1) is 5.82 Å². The molecule has 0 amide bonds. The summed E-state index contributed by atoms with van der Waals surface area (Å²) in [6, 6.07) is 3.91. The van der Waals surface area contributed by atoms with Gasteiger partial charge in [0.1, 0.15) is 6.61 Å². The zero-order chi connectivity index (χ0) is 13.5. The second-order valence-corrected chi connectivity index (χ2v) is 3.94. The Morgan fingerprint density at radius 1 is 1.28 bits per heavy atom. The van der Waals surface area contributed by atoms with Crippen molar-refractivity contribution in [3.63, 3.8) is 0 Å². The molecule has 2 N–H and O–H groups in total. The van der Waals surface area contributed by atoms with Crippen LogP contribution in [0.15, 0.2) is 18.2 Å². The minimum atomic E-state index is -1.66. The number of nitrogens with zero attached hydrogens (tertiary/aromatic N) is 1. The normalized spacial score (nSPS) is 10.8. The molecule has 0 aliphatic heterocycles. The highest BCUT2D eigenvalue weighted by molar-refractivity contribution is 6.58. The highest BCUT2D eigenvalue weighted by Gasteiger charge is 2.14. The summed E-state index contributed by atoms with van der Waals surface area (Å²) in [5.41, 5.74) is 0.114. The van der Waals surface area contributed by atoms with Crippen LogP contribution < -0.4 is 10.2 Å². The number of ether oxygens (including phenoxy) is 1. The molecule has 0 spiro atoms. The fourth-order valence-electron chi connectivity index (χ4n) is 1.62. The molecule has 0 saturated heterocycles. The molecule has 0 fully saturated rings. The van der Waals surface area contributed by atoms with E-state index in [1.807, 2.05) is 0 Å². The van der Waals surface area contributed by atoms with E-state index >= 15 is 0 Å². The van der Waals surface area contributed by atoms with Gasteiger partial charge in [-0.25, -0.2) is 4.39 Å². The maximum Gasteiger partial charge on any atom is 0.488 e. The molecule has 0 saturated carbocycles. The van der Waals surface area contributed by atoms with Crippen LogP contribution in [-0.4, -0.2) is 48.3 Å². The summed E-state index contributed by atoms with van der Waals surface area (Å²) in [4.78, 5) is 2.17. The van der Waals surface area contributed by atoms with Crippen molar-refractivity contribution < 1.29 is 19.2 Å². The van der Waals surface area contributed by atoms with Crippen molar-refractivity contribution in [3.8, 4) is 5.75 Å². The quantitative estimate of drug-likeness (QED) is 0.685. The molecule has 0 radical (unpaired) electrons. The largest absolute Gasteiger partial charge is 0.489 e. The van der Waals surface area contributed by atoms with Gasteiger partial charge in [0.25, 0.3) is 0 Å². The maximum absolute atomic E-state index is 13.5. The fraction of sp³-hybridized carbons (Fsp3) is 0.500. The zero-order valence-corrected chi connectivity index (χ0v) is 10.8. The van der Waals surface area contributed by atoms with Crippen molar-refractivity contribution in [2.24, 2.45) is 0 Å². The summed E-state index contributed by atoms with van der Waals surface area (Å²) in [7, 11) is -1.66. The Morgan fingerprint density at radius 3 is 2.44 bits per heavy atom.